The minimum Gasteiger partial charge on any atom is -0.493 e. The van der Waals surface area contributed by atoms with Crippen molar-refractivity contribution in [2.75, 3.05) is 6.61 Å². The Kier molecular flexibility index (Phi) is 4.19. The van der Waals surface area contributed by atoms with Gasteiger partial charge in [0, 0.05) is 24.7 Å². The molecule has 0 amide bonds. The zero-order valence-corrected chi connectivity index (χ0v) is 14.4. The zero-order valence-electron chi connectivity index (χ0n) is 13.6. The van der Waals surface area contributed by atoms with E-state index in [0.29, 0.717) is 35.1 Å². The smallest absolute Gasteiger partial charge is 0.332 e. The lowest BCUT2D eigenvalue weighted by Crippen LogP contribution is -2.37. The van der Waals surface area contributed by atoms with Gasteiger partial charge in [-0.3, -0.25) is 13.9 Å². The van der Waals surface area contributed by atoms with Gasteiger partial charge in [-0.1, -0.05) is 17.7 Å². The molecule has 2 aromatic heterocycles. The second-order valence-electron chi connectivity index (χ2n) is 5.40. The molecule has 0 aliphatic rings. The van der Waals surface area contributed by atoms with Gasteiger partial charge < -0.3 is 9.30 Å². The van der Waals surface area contributed by atoms with Crippen molar-refractivity contribution in [1.29, 1.82) is 0 Å². The molecule has 0 atom stereocenters. The molecule has 0 unspecified atom stereocenters. The van der Waals surface area contributed by atoms with Crippen molar-refractivity contribution >= 4 is 22.8 Å². The fourth-order valence-electron chi connectivity index (χ4n) is 2.67. The topological polar surface area (TPSA) is 71.1 Å². The molecular formula is C16H17ClN4O3. The highest BCUT2D eigenvalue weighted by Crippen LogP contribution is 2.28. The zero-order chi connectivity index (χ0) is 17.4. The molecule has 0 aliphatic heterocycles. The van der Waals surface area contributed by atoms with E-state index < -0.39 is 11.2 Å². The summed E-state index contributed by atoms with van der Waals surface area (Å²) in [6.45, 7) is 2.72. The van der Waals surface area contributed by atoms with Gasteiger partial charge in [0.25, 0.3) is 5.56 Å². The normalized spacial score (nSPS) is 11.2. The van der Waals surface area contributed by atoms with E-state index in [0.717, 1.165) is 10.1 Å². The molecule has 0 radical (unpaired) electrons. The maximum Gasteiger partial charge on any atom is 0.332 e. The number of nitrogens with zero attached hydrogens (tertiary/aromatic N) is 4. The van der Waals surface area contributed by atoms with Gasteiger partial charge in [0.1, 0.15) is 5.75 Å². The summed E-state index contributed by atoms with van der Waals surface area (Å²) >= 11 is 6.31. The van der Waals surface area contributed by atoms with E-state index in [9.17, 15) is 9.59 Å². The van der Waals surface area contributed by atoms with Crippen molar-refractivity contribution in [3.63, 3.8) is 0 Å². The summed E-state index contributed by atoms with van der Waals surface area (Å²) in [5.74, 6) is 0.661. The number of imidazole rings is 1. The third-order valence-corrected chi connectivity index (χ3v) is 4.28. The molecule has 0 N–H and O–H groups in total. The number of benzene rings is 1. The van der Waals surface area contributed by atoms with Crippen molar-refractivity contribution in [2.24, 2.45) is 14.1 Å². The van der Waals surface area contributed by atoms with Crippen LogP contribution in [0.3, 0.4) is 0 Å². The Labute approximate surface area is 142 Å². The Morgan fingerprint density at radius 3 is 2.67 bits per heavy atom. The second kappa shape index (κ2) is 6.16. The highest BCUT2D eigenvalue weighted by Gasteiger charge is 2.16. The standard InChI is InChI=1S/C16H17ClN4O3/c1-4-24-12-7-5-6-11(17)10(12)8-21-9-18-14-13(21)15(22)20(3)16(23)19(14)2/h5-7,9H,4,8H2,1-3H3. The van der Waals surface area contributed by atoms with Crippen LogP contribution in [0, 0.1) is 0 Å². The van der Waals surface area contributed by atoms with Crippen LogP contribution in [0.2, 0.25) is 5.02 Å². The molecule has 126 valence electrons. The van der Waals surface area contributed by atoms with Crippen molar-refractivity contribution in [1.82, 2.24) is 18.7 Å². The summed E-state index contributed by atoms with van der Waals surface area (Å²) in [5.41, 5.74) is 0.646. The molecule has 0 saturated heterocycles. The van der Waals surface area contributed by atoms with Gasteiger partial charge in [-0.2, -0.15) is 0 Å². The van der Waals surface area contributed by atoms with E-state index in [1.165, 1.54) is 17.9 Å². The minimum absolute atomic E-state index is 0.318. The monoisotopic (exact) mass is 348 g/mol. The number of hydrogen-bond acceptors (Lipinski definition) is 4. The Bertz CT molecular complexity index is 1030. The molecule has 24 heavy (non-hydrogen) atoms. The van der Waals surface area contributed by atoms with Crippen LogP contribution in [0.15, 0.2) is 34.1 Å². The number of hydrogen-bond donors (Lipinski definition) is 0. The van der Waals surface area contributed by atoms with E-state index in [1.807, 2.05) is 19.1 Å². The molecule has 0 spiro atoms. The number of aromatic nitrogens is 4. The van der Waals surface area contributed by atoms with Gasteiger partial charge in [-0.15, -0.1) is 0 Å². The van der Waals surface area contributed by atoms with E-state index in [4.69, 9.17) is 16.3 Å². The summed E-state index contributed by atoms with van der Waals surface area (Å²) in [4.78, 5) is 28.7. The van der Waals surface area contributed by atoms with Crippen LogP contribution < -0.4 is 16.0 Å². The summed E-state index contributed by atoms with van der Waals surface area (Å²) in [6, 6.07) is 5.41. The minimum atomic E-state index is -0.412. The number of rotatable bonds is 4. The maximum absolute atomic E-state index is 12.5. The van der Waals surface area contributed by atoms with E-state index >= 15 is 0 Å². The Morgan fingerprint density at radius 1 is 1.21 bits per heavy atom. The molecule has 0 fully saturated rings. The van der Waals surface area contributed by atoms with Gasteiger partial charge in [0.2, 0.25) is 0 Å². The average Bonchev–Trinajstić information content (AvgIpc) is 2.98. The highest BCUT2D eigenvalue weighted by atomic mass is 35.5. The maximum atomic E-state index is 12.5. The summed E-state index contributed by atoms with van der Waals surface area (Å²) < 4.78 is 9.72. The molecule has 1 aromatic carbocycles. The lowest BCUT2D eigenvalue weighted by molar-refractivity contribution is 0.336. The van der Waals surface area contributed by atoms with Crippen LogP contribution in [0.25, 0.3) is 11.2 Å². The molecule has 0 aliphatic carbocycles. The van der Waals surface area contributed by atoms with Crippen LogP contribution in [0.5, 0.6) is 5.75 Å². The Morgan fingerprint density at radius 2 is 1.96 bits per heavy atom. The molecule has 8 heteroatoms. The first-order valence-electron chi connectivity index (χ1n) is 7.46. The third kappa shape index (κ3) is 2.50. The number of ether oxygens (including phenoxy) is 1. The molecule has 3 aromatic rings. The van der Waals surface area contributed by atoms with E-state index in [1.54, 1.807) is 17.7 Å². The SMILES string of the molecule is CCOc1cccc(Cl)c1Cn1cnc2c1c(=O)n(C)c(=O)n2C. The average molecular weight is 349 g/mol. The number of halogens is 1. The molecular weight excluding hydrogens is 332 g/mol. The van der Waals surface area contributed by atoms with Crippen molar-refractivity contribution < 1.29 is 4.74 Å². The first-order chi connectivity index (χ1) is 11.5. The van der Waals surface area contributed by atoms with Gasteiger partial charge in [0.05, 0.1) is 19.5 Å². The van der Waals surface area contributed by atoms with Crippen LogP contribution >= 0.6 is 11.6 Å². The summed E-state index contributed by atoms with van der Waals surface area (Å²) in [6.07, 6.45) is 1.53. The molecule has 0 bridgehead atoms. The quantitative estimate of drug-likeness (QED) is 0.717. The van der Waals surface area contributed by atoms with Crippen LogP contribution in [0.1, 0.15) is 12.5 Å². The van der Waals surface area contributed by atoms with Crippen LogP contribution in [0.4, 0.5) is 0 Å². The lowest BCUT2D eigenvalue weighted by Gasteiger charge is -2.13. The van der Waals surface area contributed by atoms with Gasteiger partial charge in [-0.05, 0) is 19.1 Å². The number of fused-ring (bicyclic) bond motifs is 1. The van der Waals surface area contributed by atoms with Gasteiger partial charge in [0.15, 0.2) is 11.2 Å². The lowest BCUT2D eigenvalue weighted by atomic mass is 10.2. The number of aryl methyl sites for hydroxylation is 1. The van der Waals surface area contributed by atoms with E-state index in [2.05, 4.69) is 4.98 Å². The van der Waals surface area contributed by atoms with Gasteiger partial charge >= 0.3 is 5.69 Å². The first kappa shape index (κ1) is 16.3. The molecule has 0 saturated carbocycles. The van der Waals surface area contributed by atoms with Crippen LogP contribution in [-0.4, -0.2) is 25.3 Å². The Balaban J connectivity index is 2.20. The fourth-order valence-corrected chi connectivity index (χ4v) is 2.90. The molecule has 2 heterocycles. The molecule has 7 nitrogen and oxygen atoms in total. The second-order valence-corrected chi connectivity index (χ2v) is 5.81. The van der Waals surface area contributed by atoms with Crippen molar-refractivity contribution in [3.05, 3.63) is 56.0 Å². The molecule has 3 rings (SSSR count). The highest BCUT2D eigenvalue weighted by molar-refractivity contribution is 6.31. The third-order valence-electron chi connectivity index (χ3n) is 3.92. The summed E-state index contributed by atoms with van der Waals surface area (Å²) in [7, 11) is 3.03. The predicted octanol–water partition coefficient (Wildman–Crippen LogP) is 1.53. The van der Waals surface area contributed by atoms with Crippen molar-refractivity contribution in [2.45, 2.75) is 13.5 Å². The van der Waals surface area contributed by atoms with E-state index in [-0.39, 0.29) is 0 Å². The van der Waals surface area contributed by atoms with Crippen molar-refractivity contribution in [3.8, 4) is 5.75 Å². The van der Waals surface area contributed by atoms with Crippen LogP contribution in [-0.2, 0) is 20.6 Å². The largest absolute Gasteiger partial charge is 0.493 e. The Hall–Kier alpha value is -2.54. The fraction of sp³-hybridized carbons (Fsp3) is 0.312. The summed E-state index contributed by atoms with van der Waals surface area (Å²) in [5, 5.41) is 0.546. The predicted molar refractivity (Wildman–Crippen MR) is 91.9 cm³/mol. The first-order valence-corrected chi connectivity index (χ1v) is 7.84. The van der Waals surface area contributed by atoms with Gasteiger partial charge in [-0.25, -0.2) is 9.78 Å².